The van der Waals surface area contributed by atoms with Crippen molar-refractivity contribution in [2.24, 2.45) is 0 Å². The average Bonchev–Trinajstić information content (AvgIpc) is 3.04. The van der Waals surface area contributed by atoms with E-state index in [9.17, 15) is 4.79 Å². The molecule has 1 amide bonds. The summed E-state index contributed by atoms with van der Waals surface area (Å²) in [4.78, 5) is 20.8. The zero-order chi connectivity index (χ0) is 17.6. The van der Waals surface area contributed by atoms with Crippen LogP contribution in [0.2, 0.25) is 0 Å². The van der Waals surface area contributed by atoms with Crippen LogP contribution in [0.4, 0.5) is 0 Å². The third-order valence-electron chi connectivity index (χ3n) is 4.52. The predicted molar refractivity (Wildman–Crippen MR) is 94.6 cm³/mol. The van der Waals surface area contributed by atoms with E-state index in [1.807, 2.05) is 31.5 Å². The number of hydrogen-bond donors (Lipinski definition) is 0. The number of likely N-dealkylation sites (tertiary alicyclic amines) is 1. The molecule has 0 atom stereocenters. The fourth-order valence-corrected chi connectivity index (χ4v) is 3.02. The number of rotatable bonds is 6. The zero-order valence-electron chi connectivity index (χ0n) is 15.1. The fourth-order valence-electron chi connectivity index (χ4n) is 3.02. The van der Waals surface area contributed by atoms with Gasteiger partial charge < -0.3 is 4.90 Å². The summed E-state index contributed by atoms with van der Waals surface area (Å²) in [6.07, 6.45) is 7.53. The van der Waals surface area contributed by atoms with E-state index in [0.29, 0.717) is 6.54 Å². The van der Waals surface area contributed by atoms with Gasteiger partial charge in [0.1, 0.15) is 6.54 Å². The topological polar surface area (TPSA) is 67.2 Å². The Labute approximate surface area is 148 Å². The number of aromatic nitrogens is 4. The molecule has 0 aliphatic carbocycles. The molecule has 0 saturated carbocycles. The number of piperidine rings is 1. The molecule has 1 aliphatic rings. The monoisotopic (exact) mass is 342 g/mol. The second-order valence-corrected chi connectivity index (χ2v) is 6.82. The molecule has 2 aromatic rings. The van der Waals surface area contributed by atoms with Gasteiger partial charge in [0, 0.05) is 19.8 Å². The summed E-state index contributed by atoms with van der Waals surface area (Å²) >= 11 is 0. The quantitative estimate of drug-likeness (QED) is 0.798. The number of likely N-dealkylation sites (N-methyl/N-ethyl adjacent to an activating group) is 1. The molecule has 1 aliphatic heterocycles. The highest BCUT2D eigenvalue weighted by molar-refractivity contribution is 5.75. The minimum Gasteiger partial charge on any atom is -0.338 e. The number of aryl methyl sites for hydroxylation is 1. The van der Waals surface area contributed by atoms with Crippen molar-refractivity contribution in [2.45, 2.75) is 45.8 Å². The highest BCUT2D eigenvalue weighted by Crippen LogP contribution is 2.11. The molecular formula is C18H26N6O. The van der Waals surface area contributed by atoms with E-state index in [1.165, 1.54) is 19.3 Å². The number of nitrogens with zero attached hydrogens (tertiary/aromatic N) is 6. The second kappa shape index (κ2) is 8.20. The van der Waals surface area contributed by atoms with Gasteiger partial charge in [-0.1, -0.05) is 17.7 Å². The zero-order valence-corrected chi connectivity index (χ0v) is 15.1. The molecule has 25 heavy (non-hydrogen) atoms. The molecule has 7 nitrogen and oxygen atoms in total. The van der Waals surface area contributed by atoms with Crippen molar-refractivity contribution in [3.05, 3.63) is 41.5 Å². The van der Waals surface area contributed by atoms with Gasteiger partial charge in [-0.05, 0) is 44.5 Å². The molecule has 3 heterocycles. The van der Waals surface area contributed by atoms with Gasteiger partial charge in [0.25, 0.3) is 0 Å². The molecule has 0 aromatic carbocycles. The van der Waals surface area contributed by atoms with Gasteiger partial charge in [0.2, 0.25) is 5.91 Å². The summed E-state index contributed by atoms with van der Waals surface area (Å²) in [6.45, 7) is 5.76. The standard InChI is InChI=1S/C18H26N6O/c1-15-6-7-16(19-10-15)11-22(2)18(25)14-24-13-17(20-21-24)12-23-8-4-3-5-9-23/h6-7,10,13H,3-5,8-9,11-12,14H2,1-2H3. The van der Waals surface area contributed by atoms with Crippen LogP contribution in [-0.4, -0.2) is 55.8 Å². The highest BCUT2D eigenvalue weighted by atomic mass is 16.2. The number of pyridine rings is 1. The van der Waals surface area contributed by atoms with Gasteiger partial charge in [-0.2, -0.15) is 0 Å². The van der Waals surface area contributed by atoms with Crippen molar-refractivity contribution in [3.63, 3.8) is 0 Å². The van der Waals surface area contributed by atoms with Gasteiger partial charge >= 0.3 is 0 Å². The molecular weight excluding hydrogens is 316 g/mol. The molecule has 134 valence electrons. The lowest BCUT2D eigenvalue weighted by atomic mass is 10.1. The van der Waals surface area contributed by atoms with Crippen molar-refractivity contribution < 1.29 is 4.79 Å². The molecule has 0 spiro atoms. The molecule has 0 unspecified atom stereocenters. The maximum atomic E-state index is 12.4. The van der Waals surface area contributed by atoms with Gasteiger partial charge in [0.15, 0.2) is 0 Å². The average molecular weight is 342 g/mol. The first-order chi connectivity index (χ1) is 12.1. The van der Waals surface area contributed by atoms with E-state index in [1.54, 1.807) is 16.6 Å². The van der Waals surface area contributed by atoms with Crippen LogP contribution in [-0.2, 0) is 24.4 Å². The molecule has 3 rings (SSSR count). The molecule has 0 radical (unpaired) electrons. The van der Waals surface area contributed by atoms with Crippen LogP contribution in [0.3, 0.4) is 0 Å². The summed E-state index contributed by atoms with van der Waals surface area (Å²) in [5, 5.41) is 8.30. The fraction of sp³-hybridized carbons (Fsp3) is 0.556. The van der Waals surface area contributed by atoms with Gasteiger partial charge in [0.05, 0.1) is 24.1 Å². The van der Waals surface area contributed by atoms with E-state index < -0.39 is 0 Å². The van der Waals surface area contributed by atoms with Crippen LogP contribution in [0, 0.1) is 6.92 Å². The molecule has 1 fully saturated rings. The molecule has 7 heteroatoms. The lowest BCUT2D eigenvalue weighted by Crippen LogP contribution is -2.30. The summed E-state index contributed by atoms with van der Waals surface area (Å²) in [5.41, 5.74) is 2.92. The summed E-state index contributed by atoms with van der Waals surface area (Å²) < 4.78 is 1.63. The van der Waals surface area contributed by atoms with Crippen molar-refractivity contribution >= 4 is 5.91 Å². The van der Waals surface area contributed by atoms with Gasteiger partial charge in [-0.3, -0.25) is 14.7 Å². The maximum Gasteiger partial charge on any atom is 0.244 e. The van der Waals surface area contributed by atoms with Crippen LogP contribution in [0.5, 0.6) is 0 Å². The molecule has 2 aromatic heterocycles. The van der Waals surface area contributed by atoms with E-state index in [-0.39, 0.29) is 12.5 Å². The number of carbonyl (C=O) groups excluding carboxylic acids is 1. The largest absolute Gasteiger partial charge is 0.338 e. The Hall–Kier alpha value is -2.28. The van der Waals surface area contributed by atoms with Gasteiger partial charge in [-0.15, -0.1) is 5.10 Å². The van der Waals surface area contributed by atoms with Crippen LogP contribution < -0.4 is 0 Å². The van der Waals surface area contributed by atoms with Crippen LogP contribution >= 0.6 is 0 Å². The summed E-state index contributed by atoms with van der Waals surface area (Å²) in [7, 11) is 1.79. The number of amides is 1. The normalized spacial score (nSPS) is 15.3. The van der Waals surface area contributed by atoms with Crippen molar-refractivity contribution in [1.82, 2.24) is 29.8 Å². The smallest absolute Gasteiger partial charge is 0.244 e. The Balaban J connectivity index is 1.51. The van der Waals surface area contributed by atoms with E-state index in [4.69, 9.17) is 0 Å². The van der Waals surface area contributed by atoms with Crippen LogP contribution in [0.15, 0.2) is 24.5 Å². The Morgan fingerprint density at radius 3 is 2.72 bits per heavy atom. The third-order valence-corrected chi connectivity index (χ3v) is 4.52. The lowest BCUT2D eigenvalue weighted by Gasteiger charge is -2.25. The molecule has 0 bridgehead atoms. The SMILES string of the molecule is Cc1ccc(CN(C)C(=O)Cn2cc(CN3CCCCC3)nn2)nc1. The Morgan fingerprint density at radius 2 is 2.00 bits per heavy atom. The van der Waals surface area contributed by atoms with E-state index >= 15 is 0 Å². The van der Waals surface area contributed by atoms with E-state index in [2.05, 4.69) is 20.2 Å². The van der Waals surface area contributed by atoms with Gasteiger partial charge in [-0.25, -0.2) is 4.68 Å². The van der Waals surface area contributed by atoms with E-state index in [0.717, 1.165) is 36.6 Å². The Morgan fingerprint density at radius 1 is 1.20 bits per heavy atom. The maximum absolute atomic E-state index is 12.4. The van der Waals surface area contributed by atoms with Crippen molar-refractivity contribution in [3.8, 4) is 0 Å². The van der Waals surface area contributed by atoms with Crippen molar-refractivity contribution in [2.75, 3.05) is 20.1 Å². The minimum atomic E-state index is -0.00297. The summed E-state index contributed by atoms with van der Waals surface area (Å²) in [5.74, 6) is -0.00297. The second-order valence-electron chi connectivity index (χ2n) is 6.82. The Kier molecular flexibility index (Phi) is 5.75. The highest BCUT2D eigenvalue weighted by Gasteiger charge is 2.15. The number of hydrogen-bond acceptors (Lipinski definition) is 5. The lowest BCUT2D eigenvalue weighted by molar-refractivity contribution is -0.131. The first-order valence-corrected chi connectivity index (χ1v) is 8.87. The molecule has 1 saturated heterocycles. The summed E-state index contributed by atoms with van der Waals surface area (Å²) in [6, 6.07) is 3.95. The predicted octanol–water partition coefficient (Wildman–Crippen LogP) is 1.63. The third kappa shape index (κ3) is 5.09. The van der Waals surface area contributed by atoms with Crippen molar-refractivity contribution in [1.29, 1.82) is 0 Å². The van der Waals surface area contributed by atoms with Crippen LogP contribution in [0.25, 0.3) is 0 Å². The minimum absolute atomic E-state index is 0.00297. The first kappa shape index (κ1) is 17.5. The number of carbonyl (C=O) groups is 1. The first-order valence-electron chi connectivity index (χ1n) is 8.87. The Bertz CT molecular complexity index is 690. The molecule has 0 N–H and O–H groups in total. The van der Waals surface area contributed by atoms with Crippen LogP contribution in [0.1, 0.15) is 36.2 Å².